The average Bonchev–Trinajstić information content (AvgIpc) is 2.65. The van der Waals surface area contributed by atoms with Crippen molar-refractivity contribution in [1.29, 1.82) is 0 Å². The van der Waals surface area contributed by atoms with Gasteiger partial charge in [-0.3, -0.25) is 4.68 Å². The summed E-state index contributed by atoms with van der Waals surface area (Å²) in [5.74, 6) is 0. The zero-order chi connectivity index (χ0) is 12.3. The lowest BCUT2D eigenvalue weighted by Crippen LogP contribution is -2.00. The van der Waals surface area contributed by atoms with E-state index in [0.29, 0.717) is 4.83 Å². The van der Waals surface area contributed by atoms with Gasteiger partial charge < -0.3 is 0 Å². The van der Waals surface area contributed by atoms with Crippen molar-refractivity contribution in [1.82, 2.24) is 9.78 Å². The van der Waals surface area contributed by atoms with Crippen LogP contribution in [0.5, 0.6) is 0 Å². The average molecular weight is 295 g/mol. The second kappa shape index (κ2) is 5.67. The molecule has 1 heterocycles. The van der Waals surface area contributed by atoms with Gasteiger partial charge in [0.1, 0.15) is 0 Å². The third-order valence-electron chi connectivity index (χ3n) is 3.13. The summed E-state index contributed by atoms with van der Waals surface area (Å²) < 4.78 is 1.98. The van der Waals surface area contributed by atoms with Crippen molar-refractivity contribution in [2.75, 3.05) is 0 Å². The van der Waals surface area contributed by atoms with E-state index >= 15 is 0 Å². The van der Waals surface area contributed by atoms with Crippen molar-refractivity contribution in [3.05, 3.63) is 30.0 Å². The molecule has 0 aliphatic rings. The molecular weight excluding hydrogens is 276 g/mol. The predicted molar refractivity (Wildman–Crippen MR) is 76.7 cm³/mol. The topological polar surface area (TPSA) is 17.8 Å². The Bertz CT molecular complexity index is 490. The van der Waals surface area contributed by atoms with Gasteiger partial charge in [0.15, 0.2) is 0 Å². The van der Waals surface area contributed by atoms with Crippen molar-refractivity contribution in [3.8, 4) is 0 Å². The highest BCUT2D eigenvalue weighted by Gasteiger charge is 2.10. The molecule has 0 saturated carbocycles. The monoisotopic (exact) mass is 294 g/mol. The Hall–Kier alpha value is -0.830. The van der Waals surface area contributed by atoms with E-state index in [1.807, 2.05) is 11.7 Å². The molecule has 2 nitrogen and oxygen atoms in total. The fraction of sp³-hybridized carbons (Fsp3) is 0.500. The number of rotatable bonds is 5. The first-order valence-electron chi connectivity index (χ1n) is 6.27. The third-order valence-corrected chi connectivity index (χ3v) is 4.05. The molecule has 92 valence electrons. The van der Waals surface area contributed by atoms with Crippen molar-refractivity contribution in [3.63, 3.8) is 0 Å². The number of fused-ring (bicyclic) bond motifs is 1. The van der Waals surface area contributed by atoms with E-state index < -0.39 is 0 Å². The first kappa shape index (κ1) is 12.6. The molecule has 1 aromatic carbocycles. The van der Waals surface area contributed by atoms with Gasteiger partial charge in [-0.15, -0.1) is 0 Å². The quantitative estimate of drug-likeness (QED) is 0.760. The molecule has 0 saturated heterocycles. The van der Waals surface area contributed by atoms with Gasteiger partial charge in [-0.05, 0) is 25.3 Å². The molecule has 0 aliphatic heterocycles. The van der Waals surface area contributed by atoms with E-state index in [0.717, 1.165) is 12.8 Å². The lowest BCUT2D eigenvalue weighted by Gasteiger charge is -2.06. The molecule has 1 unspecified atom stereocenters. The molecule has 0 spiro atoms. The number of aromatic nitrogens is 2. The van der Waals surface area contributed by atoms with Gasteiger partial charge in [-0.2, -0.15) is 5.10 Å². The number of hydrogen-bond donors (Lipinski definition) is 0. The van der Waals surface area contributed by atoms with Crippen LogP contribution in [0.4, 0.5) is 0 Å². The zero-order valence-corrected chi connectivity index (χ0v) is 12.1. The van der Waals surface area contributed by atoms with Gasteiger partial charge in [0.25, 0.3) is 0 Å². The Morgan fingerprint density at radius 2 is 2.06 bits per heavy atom. The van der Waals surface area contributed by atoms with Crippen LogP contribution in [-0.2, 0) is 13.5 Å². The highest BCUT2D eigenvalue weighted by Crippen LogP contribution is 2.21. The fourth-order valence-corrected chi connectivity index (χ4v) is 2.91. The second-order valence-electron chi connectivity index (χ2n) is 4.51. The fourth-order valence-electron chi connectivity index (χ4n) is 2.22. The molecule has 0 amide bonds. The van der Waals surface area contributed by atoms with Crippen LogP contribution in [0, 0.1) is 0 Å². The first-order chi connectivity index (χ1) is 8.22. The molecule has 0 fully saturated rings. The number of hydrogen-bond acceptors (Lipinski definition) is 1. The summed E-state index contributed by atoms with van der Waals surface area (Å²) in [4.78, 5) is 0.619. The largest absolute Gasteiger partial charge is 0.268 e. The first-order valence-corrected chi connectivity index (χ1v) is 7.18. The van der Waals surface area contributed by atoms with Crippen molar-refractivity contribution >= 4 is 26.8 Å². The summed E-state index contributed by atoms with van der Waals surface area (Å²) in [7, 11) is 2.02. The molecule has 3 heteroatoms. The summed E-state index contributed by atoms with van der Waals surface area (Å²) >= 11 is 3.73. The van der Waals surface area contributed by atoms with Crippen molar-refractivity contribution in [2.45, 2.75) is 37.4 Å². The maximum atomic E-state index is 4.62. The summed E-state index contributed by atoms with van der Waals surface area (Å²) in [6.45, 7) is 2.23. The van der Waals surface area contributed by atoms with Crippen LogP contribution in [0.15, 0.2) is 24.3 Å². The number of aryl methyl sites for hydroxylation is 2. The molecule has 0 aliphatic carbocycles. The van der Waals surface area contributed by atoms with E-state index in [2.05, 4.69) is 52.2 Å². The minimum absolute atomic E-state index is 0.619. The molecule has 0 N–H and O–H groups in total. The standard InChI is InChI=1S/C14H19BrN2/c1-3-6-11(15)9-10-13-12-7-4-5-8-14(12)17(2)16-13/h4-5,7-8,11H,3,6,9-10H2,1-2H3. The Morgan fingerprint density at radius 3 is 2.82 bits per heavy atom. The number of alkyl halides is 1. The van der Waals surface area contributed by atoms with Crippen LogP contribution in [-0.4, -0.2) is 14.6 Å². The Balaban J connectivity index is 2.13. The highest BCUT2D eigenvalue weighted by atomic mass is 79.9. The van der Waals surface area contributed by atoms with Gasteiger partial charge in [-0.25, -0.2) is 0 Å². The van der Waals surface area contributed by atoms with E-state index in [-0.39, 0.29) is 0 Å². The molecule has 17 heavy (non-hydrogen) atoms. The molecule has 0 radical (unpaired) electrons. The van der Waals surface area contributed by atoms with E-state index in [1.54, 1.807) is 0 Å². The summed E-state index contributed by atoms with van der Waals surface area (Å²) in [6, 6.07) is 8.45. The van der Waals surface area contributed by atoms with Crippen molar-refractivity contribution in [2.24, 2.45) is 7.05 Å². The van der Waals surface area contributed by atoms with Gasteiger partial charge in [0.05, 0.1) is 11.2 Å². The Morgan fingerprint density at radius 1 is 1.29 bits per heavy atom. The number of halogens is 1. The minimum Gasteiger partial charge on any atom is -0.268 e. The van der Waals surface area contributed by atoms with Crippen LogP contribution in [0.2, 0.25) is 0 Å². The number of benzene rings is 1. The molecule has 1 aromatic heterocycles. The molecular formula is C14H19BrN2. The maximum absolute atomic E-state index is 4.62. The van der Waals surface area contributed by atoms with Crippen LogP contribution >= 0.6 is 15.9 Å². The normalized spacial score (nSPS) is 13.1. The minimum atomic E-state index is 0.619. The van der Waals surface area contributed by atoms with Crippen LogP contribution in [0.3, 0.4) is 0 Å². The highest BCUT2D eigenvalue weighted by molar-refractivity contribution is 9.09. The lowest BCUT2D eigenvalue weighted by atomic mass is 10.1. The maximum Gasteiger partial charge on any atom is 0.0703 e. The SMILES string of the molecule is CCCC(Br)CCc1nn(C)c2ccccc12. The lowest BCUT2D eigenvalue weighted by molar-refractivity contribution is 0.674. The summed E-state index contributed by atoms with van der Waals surface area (Å²) in [5, 5.41) is 5.92. The third kappa shape index (κ3) is 2.89. The molecule has 1 atom stereocenters. The summed E-state index contributed by atoms with van der Waals surface area (Å²) in [5.41, 5.74) is 2.45. The van der Waals surface area contributed by atoms with Gasteiger partial charge >= 0.3 is 0 Å². The number of nitrogens with zero attached hydrogens (tertiary/aromatic N) is 2. The van der Waals surface area contributed by atoms with Crippen LogP contribution in [0.25, 0.3) is 10.9 Å². The van der Waals surface area contributed by atoms with E-state index in [9.17, 15) is 0 Å². The van der Waals surface area contributed by atoms with Gasteiger partial charge in [0, 0.05) is 17.3 Å². The van der Waals surface area contributed by atoms with E-state index in [1.165, 1.54) is 29.4 Å². The molecule has 2 aromatic rings. The zero-order valence-electron chi connectivity index (χ0n) is 10.5. The Labute approximate surface area is 111 Å². The van der Waals surface area contributed by atoms with Crippen molar-refractivity contribution < 1.29 is 0 Å². The van der Waals surface area contributed by atoms with Crippen LogP contribution in [0.1, 0.15) is 31.9 Å². The number of para-hydroxylation sites is 1. The second-order valence-corrected chi connectivity index (χ2v) is 5.81. The molecule has 2 rings (SSSR count). The predicted octanol–water partition coefficient (Wildman–Crippen LogP) is 4.07. The summed E-state index contributed by atoms with van der Waals surface area (Å²) in [6.07, 6.45) is 4.69. The smallest absolute Gasteiger partial charge is 0.0703 e. The van der Waals surface area contributed by atoms with Gasteiger partial charge in [0.2, 0.25) is 0 Å². The van der Waals surface area contributed by atoms with E-state index in [4.69, 9.17) is 0 Å². The Kier molecular flexibility index (Phi) is 4.21. The van der Waals surface area contributed by atoms with Crippen LogP contribution < -0.4 is 0 Å². The molecule has 0 bridgehead atoms. The van der Waals surface area contributed by atoms with Gasteiger partial charge in [-0.1, -0.05) is 47.5 Å².